The molecule has 3 aromatic rings. The fourth-order valence-electron chi connectivity index (χ4n) is 2.37. The van der Waals surface area contributed by atoms with Crippen molar-refractivity contribution in [3.63, 3.8) is 0 Å². The first-order valence-corrected chi connectivity index (χ1v) is 9.41. The number of nitrogens with zero attached hydrogens (tertiary/aromatic N) is 1. The molecule has 0 aliphatic carbocycles. The number of carboxylic acid groups (broad SMARTS) is 1. The van der Waals surface area contributed by atoms with Gasteiger partial charge in [-0.1, -0.05) is 42.1 Å². The molecule has 0 radical (unpaired) electrons. The largest absolute Gasteiger partial charge is 0.477 e. The maximum absolute atomic E-state index is 12.4. The average molecular weight is 372 g/mol. The number of nitrogens with one attached hydrogen (secondary N) is 1. The number of aromatic nitrogens is 2. The number of carbonyl (C=O) groups is 1. The molecule has 0 spiro atoms. The lowest BCUT2D eigenvalue weighted by atomic mass is 10.1. The SMILES string of the molecule is Cc1nc(SCc2ccc(C(=O)O)s2)[nH]c(=O)c1Cc1ccccc1. The first-order chi connectivity index (χ1) is 12.0. The van der Waals surface area contributed by atoms with Crippen molar-refractivity contribution in [2.75, 3.05) is 0 Å². The second-order valence-electron chi connectivity index (χ2n) is 5.46. The molecule has 0 fully saturated rings. The van der Waals surface area contributed by atoms with Gasteiger partial charge in [0.05, 0.1) is 0 Å². The van der Waals surface area contributed by atoms with Crippen LogP contribution in [0.5, 0.6) is 0 Å². The molecule has 1 aromatic carbocycles. The van der Waals surface area contributed by atoms with Gasteiger partial charge in [-0.15, -0.1) is 11.3 Å². The van der Waals surface area contributed by atoms with Gasteiger partial charge in [-0.25, -0.2) is 9.78 Å². The second kappa shape index (κ2) is 7.67. The number of thiophene rings is 1. The van der Waals surface area contributed by atoms with Crippen molar-refractivity contribution < 1.29 is 9.90 Å². The number of aryl methyl sites for hydroxylation is 1. The molecular formula is C18H16N2O3S2. The Balaban J connectivity index is 1.73. The zero-order valence-electron chi connectivity index (χ0n) is 13.5. The van der Waals surface area contributed by atoms with E-state index >= 15 is 0 Å². The number of aromatic carboxylic acids is 1. The van der Waals surface area contributed by atoms with Crippen LogP contribution < -0.4 is 5.56 Å². The third kappa shape index (κ3) is 4.37. The van der Waals surface area contributed by atoms with E-state index < -0.39 is 5.97 Å². The van der Waals surface area contributed by atoms with Crippen molar-refractivity contribution in [3.8, 4) is 0 Å². The normalized spacial score (nSPS) is 10.8. The third-order valence-electron chi connectivity index (χ3n) is 3.65. The van der Waals surface area contributed by atoms with Crippen LogP contribution in [-0.4, -0.2) is 21.0 Å². The van der Waals surface area contributed by atoms with Crippen LogP contribution in [0.3, 0.4) is 0 Å². The molecule has 25 heavy (non-hydrogen) atoms. The summed E-state index contributed by atoms with van der Waals surface area (Å²) in [5, 5.41) is 9.50. The zero-order valence-corrected chi connectivity index (χ0v) is 15.1. The maximum Gasteiger partial charge on any atom is 0.345 e. The van der Waals surface area contributed by atoms with Crippen molar-refractivity contribution in [1.29, 1.82) is 0 Å². The van der Waals surface area contributed by atoms with E-state index in [1.165, 1.54) is 23.1 Å². The van der Waals surface area contributed by atoms with Crippen LogP contribution in [0.25, 0.3) is 0 Å². The fraction of sp³-hybridized carbons (Fsp3) is 0.167. The van der Waals surface area contributed by atoms with Crippen molar-refractivity contribution in [3.05, 3.63) is 79.4 Å². The number of H-pyrrole nitrogens is 1. The molecule has 3 rings (SSSR count). The van der Waals surface area contributed by atoms with E-state index in [0.29, 0.717) is 33.5 Å². The predicted octanol–water partition coefficient (Wildman–Crippen LogP) is 3.72. The van der Waals surface area contributed by atoms with Crippen molar-refractivity contribution >= 4 is 29.1 Å². The van der Waals surface area contributed by atoms with Crippen LogP contribution >= 0.6 is 23.1 Å². The number of hydrogen-bond donors (Lipinski definition) is 2. The van der Waals surface area contributed by atoms with E-state index in [2.05, 4.69) is 9.97 Å². The molecule has 0 saturated carbocycles. The number of carboxylic acids is 1. The van der Waals surface area contributed by atoms with Crippen LogP contribution in [0.1, 0.15) is 31.4 Å². The van der Waals surface area contributed by atoms with Gasteiger partial charge < -0.3 is 10.1 Å². The molecule has 0 atom stereocenters. The smallest absolute Gasteiger partial charge is 0.345 e. The molecule has 7 heteroatoms. The maximum atomic E-state index is 12.4. The summed E-state index contributed by atoms with van der Waals surface area (Å²) in [6.07, 6.45) is 0.548. The Morgan fingerprint density at radius 1 is 1.24 bits per heavy atom. The van der Waals surface area contributed by atoms with Crippen molar-refractivity contribution in [2.24, 2.45) is 0 Å². The lowest BCUT2D eigenvalue weighted by Gasteiger charge is -2.07. The van der Waals surface area contributed by atoms with Gasteiger partial charge in [-0.2, -0.15) is 0 Å². The van der Waals surface area contributed by atoms with Gasteiger partial charge in [0.1, 0.15) is 4.88 Å². The summed E-state index contributed by atoms with van der Waals surface area (Å²) in [4.78, 5) is 31.8. The molecule has 128 valence electrons. The van der Waals surface area contributed by atoms with Gasteiger partial charge in [-0.05, 0) is 24.6 Å². The minimum atomic E-state index is -0.922. The molecule has 0 saturated heterocycles. The van der Waals surface area contributed by atoms with E-state index in [1.54, 1.807) is 12.1 Å². The van der Waals surface area contributed by atoms with Gasteiger partial charge in [0, 0.05) is 28.3 Å². The third-order valence-corrected chi connectivity index (χ3v) is 5.83. The van der Waals surface area contributed by atoms with Gasteiger partial charge in [0.15, 0.2) is 5.16 Å². The van der Waals surface area contributed by atoms with E-state index in [-0.39, 0.29) is 5.56 Å². The minimum Gasteiger partial charge on any atom is -0.477 e. The molecule has 2 N–H and O–H groups in total. The van der Waals surface area contributed by atoms with Gasteiger partial charge in [0.25, 0.3) is 5.56 Å². The standard InChI is InChI=1S/C18H16N2O3S2/c1-11-14(9-12-5-3-2-4-6-12)16(21)20-18(19-11)24-10-13-7-8-15(25-13)17(22)23/h2-8H,9-10H2,1H3,(H,22,23)(H,19,20,21). The summed E-state index contributed by atoms with van der Waals surface area (Å²) in [6, 6.07) is 13.2. The summed E-state index contributed by atoms with van der Waals surface area (Å²) in [5.74, 6) is -0.355. The summed E-state index contributed by atoms with van der Waals surface area (Å²) in [7, 11) is 0. The Hall–Kier alpha value is -2.38. The molecule has 0 bridgehead atoms. The molecule has 2 heterocycles. The lowest BCUT2D eigenvalue weighted by Crippen LogP contribution is -2.17. The Morgan fingerprint density at radius 3 is 2.64 bits per heavy atom. The highest BCUT2D eigenvalue weighted by Crippen LogP contribution is 2.25. The average Bonchev–Trinajstić information content (AvgIpc) is 3.07. The quantitative estimate of drug-likeness (QED) is 0.509. The molecule has 0 aliphatic heterocycles. The Labute approximate surface area is 152 Å². The Morgan fingerprint density at radius 2 is 2.00 bits per heavy atom. The fourth-order valence-corrected chi connectivity index (χ4v) is 4.17. The number of thioether (sulfide) groups is 1. The molecule has 0 aliphatic rings. The number of hydrogen-bond acceptors (Lipinski definition) is 5. The van der Waals surface area contributed by atoms with E-state index in [0.717, 1.165) is 10.4 Å². The van der Waals surface area contributed by atoms with Crippen LogP contribution in [0.2, 0.25) is 0 Å². The highest BCUT2D eigenvalue weighted by atomic mass is 32.2. The van der Waals surface area contributed by atoms with E-state index in [9.17, 15) is 9.59 Å². The Kier molecular flexibility index (Phi) is 5.35. The van der Waals surface area contributed by atoms with Crippen LogP contribution in [-0.2, 0) is 12.2 Å². The van der Waals surface area contributed by atoms with E-state index in [1.807, 2.05) is 37.3 Å². The van der Waals surface area contributed by atoms with Gasteiger partial charge in [0.2, 0.25) is 0 Å². The number of aromatic amines is 1. The molecule has 0 unspecified atom stereocenters. The monoisotopic (exact) mass is 372 g/mol. The van der Waals surface area contributed by atoms with Crippen LogP contribution in [0, 0.1) is 6.92 Å². The molecule has 2 aromatic heterocycles. The summed E-state index contributed by atoms with van der Waals surface area (Å²) in [6.45, 7) is 1.84. The molecule has 0 amide bonds. The highest BCUT2D eigenvalue weighted by molar-refractivity contribution is 7.98. The van der Waals surface area contributed by atoms with Crippen LogP contribution in [0.4, 0.5) is 0 Å². The highest BCUT2D eigenvalue weighted by Gasteiger charge is 2.11. The number of benzene rings is 1. The van der Waals surface area contributed by atoms with Crippen molar-refractivity contribution in [1.82, 2.24) is 9.97 Å². The first-order valence-electron chi connectivity index (χ1n) is 7.61. The second-order valence-corrected chi connectivity index (χ2v) is 7.59. The summed E-state index contributed by atoms with van der Waals surface area (Å²) in [5.41, 5.74) is 2.32. The number of rotatable bonds is 6. The minimum absolute atomic E-state index is 0.128. The zero-order chi connectivity index (χ0) is 17.8. The lowest BCUT2D eigenvalue weighted by molar-refractivity contribution is 0.0702. The van der Waals surface area contributed by atoms with Gasteiger partial charge >= 0.3 is 5.97 Å². The predicted molar refractivity (Wildman–Crippen MR) is 99.7 cm³/mol. The van der Waals surface area contributed by atoms with Gasteiger partial charge in [-0.3, -0.25) is 4.79 Å². The Bertz CT molecular complexity index is 948. The summed E-state index contributed by atoms with van der Waals surface area (Å²) < 4.78 is 0. The van der Waals surface area contributed by atoms with Crippen LogP contribution in [0.15, 0.2) is 52.4 Å². The van der Waals surface area contributed by atoms with E-state index in [4.69, 9.17) is 5.11 Å². The molecular weight excluding hydrogens is 356 g/mol. The summed E-state index contributed by atoms with van der Waals surface area (Å²) >= 11 is 2.63. The van der Waals surface area contributed by atoms with Crippen molar-refractivity contribution in [2.45, 2.75) is 24.3 Å². The topological polar surface area (TPSA) is 83.0 Å². The molecule has 5 nitrogen and oxygen atoms in total. The first kappa shape index (κ1) is 17.4.